The average Bonchev–Trinajstić information content (AvgIpc) is 2.29. The third-order valence-corrected chi connectivity index (χ3v) is 2.80. The van der Waals surface area contributed by atoms with Gasteiger partial charge in [-0.3, -0.25) is 4.79 Å². The third-order valence-electron chi connectivity index (χ3n) is 1.98. The van der Waals surface area contributed by atoms with Gasteiger partial charge in [0.15, 0.2) is 0 Å². The zero-order valence-corrected chi connectivity index (χ0v) is 11.0. The van der Waals surface area contributed by atoms with Gasteiger partial charge < -0.3 is 5.32 Å². The summed E-state index contributed by atoms with van der Waals surface area (Å²) in [6.45, 7) is -1.45. The summed E-state index contributed by atoms with van der Waals surface area (Å²) in [5.41, 5.74) is -0.0730. The number of hydrogen-bond acceptors (Lipinski definition) is 1. The Morgan fingerprint density at radius 3 is 2.61 bits per heavy atom. The highest BCUT2D eigenvalue weighted by atomic mass is 79.9. The summed E-state index contributed by atoms with van der Waals surface area (Å²) in [5.74, 6) is -5.21. The van der Waals surface area contributed by atoms with E-state index in [1.54, 1.807) is 11.4 Å². The Labute approximate surface area is 113 Å². The minimum Gasteiger partial charge on any atom is -0.346 e. The fraction of sp³-hybridized carbons (Fsp3) is 0.300. The molecule has 18 heavy (non-hydrogen) atoms. The molecule has 0 radical (unpaired) electrons. The highest BCUT2D eigenvalue weighted by molar-refractivity contribution is 9.10. The average molecular weight is 349 g/mol. The summed E-state index contributed by atoms with van der Waals surface area (Å²) < 4.78 is 49.5. The maximum absolute atomic E-state index is 12.6. The summed E-state index contributed by atoms with van der Waals surface area (Å²) in [4.78, 5) is 11.5. The molecule has 0 aliphatic heterocycles. The van der Waals surface area contributed by atoms with Crippen molar-refractivity contribution in [3.63, 3.8) is 0 Å². The van der Waals surface area contributed by atoms with E-state index in [0.29, 0.717) is 4.47 Å². The number of carbonyl (C=O) groups excluding carboxylic acids is 1. The Morgan fingerprint density at radius 2 is 2.06 bits per heavy atom. The SMILES string of the molecule is O=C(NCC(F)(F)C(F)F)c1cc(Br)ccc1Cl. The lowest BCUT2D eigenvalue weighted by molar-refractivity contribution is -0.123. The summed E-state index contributed by atoms with van der Waals surface area (Å²) in [6.07, 6.45) is -3.84. The molecule has 0 saturated carbocycles. The molecule has 0 heterocycles. The number of benzene rings is 1. The molecule has 0 spiro atoms. The van der Waals surface area contributed by atoms with Gasteiger partial charge in [-0.15, -0.1) is 0 Å². The third kappa shape index (κ3) is 3.84. The lowest BCUT2D eigenvalue weighted by Crippen LogP contribution is -2.41. The van der Waals surface area contributed by atoms with E-state index in [4.69, 9.17) is 11.6 Å². The first-order valence-corrected chi connectivity index (χ1v) is 5.80. The van der Waals surface area contributed by atoms with Gasteiger partial charge >= 0.3 is 12.3 Å². The van der Waals surface area contributed by atoms with Crippen LogP contribution in [0.4, 0.5) is 17.6 Å². The van der Waals surface area contributed by atoms with Gasteiger partial charge in [0.25, 0.3) is 5.91 Å². The largest absolute Gasteiger partial charge is 0.346 e. The van der Waals surface area contributed by atoms with E-state index in [2.05, 4.69) is 15.9 Å². The number of amides is 1. The van der Waals surface area contributed by atoms with Crippen LogP contribution >= 0.6 is 27.5 Å². The Morgan fingerprint density at radius 1 is 1.44 bits per heavy atom. The number of rotatable bonds is 4. The van der Waals surface area contributed by atoms with Crippen LogP contribution in [0, 0.1) is 0 Å². The van der Waals surface area contributed by atoms with Crippen molar-refractivity contribution in [1.82, 2.24) is 5.32 Å². The molecular weight excluding hydrogens is 341 g/mol. The van der Waals surface area contributed by atoms with Gasteiger partial charge in [0.05, 0.1) is 17.1 Å². The molecule has 0 unspecified atom stereocenters. The van der Waals surface area contributed by atoms with E-state index < -0.39 is 24.8 Å². The van der Waals surface area contributed by atoms with Gasteiger partial charge in [-0.05, 0) is 18.2 Å². The second-order valence-electron chi connectivity index (χ2n) is 3.37. The lowest BCUT2D eigenvalue weighted by atomic mass is 10.2. The van der Waals surface area contributed by atoms with Crippen LogP contribution < -0.4 is 5.32 Å². The van der Waals surface area contributed by atoms with E-state index in [0.717, 1.165) is 0 Å². The molecule has 1 rings (SSSR count). The van der Waals surface area contributed by atoms with Gasteiger partial charge in [-0.1, -0.05) is 27.5 Å². The summed E-state index contributed by atoms with van der Waals surface area (Å²) in [5, 5.41) is 1.75. The van der Waals surface area contributed by atoms with Crippen molar-refractivity contribution >= 4 is 33.4 Å². The number of alkyl halides is 4. The van der Waals surface area contributed by atoms with E-state index in [9.17, 15) is 22.4 Å². The van der Waals surface area contributed by atoms with Crippen LogP contribution in [-0.4, -0.2) is 24.8 Å². The number of nitrogens with one attached hydrogen (secondary N) is 1. The molecule has 1 N–H and O–H groups in total. The van der Waals surface area contributed by atoms with Crippen LogP contribution in [0.5, 0.6) is 0 Å². The molecule has 0 bridgehead atoms. The first-order chi connectivity index (χ1) is 8.24. The van der Waals surface area contributed by atoms with Crippen molar-refractivity contribution in [1.29, 1.82) is 0 Å². The van der Waals surface area contributed by atoms with Gasteiger partial charge in [0, 0.05) is 4.47 Å². The lowest BCUT2D eigenvalue weighted by Gasteiger charge is -2.16. The molecule has 2 nitrogen and oxygen atoms in total. The van der Waals surface area contributed by atoms with Gasteiger partial charge in [-0.25, -0.2) is 8.78 Å². The van der Waals surface area contributed by atoms with E-state index in [-0.39, 0.29) is 10.6 Å². The van der Waals surface area contributed by atoms with Crippen LogP contribution in [0.15, 0.2) is 22.7 Å². The fourth-order valence-corrected chi connectivity index (χ4v) is 1.61. The van der Waals surface area contributed by atoms with E-state index in [1.165, 1.54) is 12.1 Å². The minimum atomic E-state index is -4.27. The van der Waals surface area contributed by atoms with Gasteiger partial charge in [0.1, 0.15) is 0 Å². The topological polar surface area (TPSA) is 29.1 Å². The predicted molar refractivity (Wildman–Crippen MR) is 62.4 cm³/mol. The number of halogens is 6. The normalized spacial score (nSPS) is 11.7. The van der Waals surface area contributed by atoms with E-state index in [1.807, 2.05) is 0 Å². The molecule has 1 aromatic carbocycles. The molecule has 100 valence electrons. The molecule has 0 fully saturated rings. The zero-order valence-electron chi connectivity index (χ0n) is 8.69. The Balaban J connectivity index is 2.75. The predicted octanol–water partition coefficient (Wildman–Crippen LogP) is 3.73. The molecule has 0 saturated heterocycles. The second kappa shape index (κ2) is 5.88. The van der Waals surface area contributed by atoms with Crippen molar-refractivity contribution in [2.75, 3.05) is 6.54 Å². The van der Waals surface area contributed by atoms with E-state index >= 15 is 0 Å². The van der Waals surface area contributed by atoms with Crippen LogP contribution in [-0.2, 0) is 0 Å². The van der Waals surface area contributed by atoms with Crippen molar-refractivity contribution in [2.24, 2.45) is 0 Å². The Hall–Kier alpha value is -0.820. The molecule has 1 aromatic rings. The Kier molecular flexibility index (Phi) is 4.98. The van der Waals surface area contributed by atoms with Gasteiger partial charge in [-0.2, -0.15) is 8.78 Å². The number of hydrogen-bond donors (Lipinski definition) is 1. The molecule has 8 heteroatoms. The first-order valence-electron chi connectivity index (χ1n) is 4.63. The highest BCUT2D eigenvalue weighted by Crippen LogP contribution is 2.23. The molecule has 0 aliphatic rings. The smallest absolute Gasteiger partial charge is 0.324 e. The Bertz CT molecular complexity index is 456. The maximum Gasteiger partial charge on any atom is 0.324 e. The van der Waals surface area contributed by atoms with Crippen LogP contribution in [0.2, 0.25) is 5.02 Å². The van der Waals surface area contributed by atoms with Crippen molar-refractivity contribution in [3.05, 3.63) is 33.3 Å². The van der Waals surface area contributed by atoms with Crippen molar-refractivity contribution < 1.29 is 22.4 Å². The second-order valence-corrected chi connectivity index (χ2v) is 4.69. The van der Waals surface area contributed by atoms with Gasteiger partial charge in [0.2, 0.25) is 0 Å². The molecule has 1 amide bonds. The van der Waals surface area contributed by atoms with Crippen LogP contribution in [0.3, 0.4) is 0 Å². The molecule has 0 aliphatic carbocycles. The summed E-state index contributed by atoms with van der Waals surface area (Å²) in [7, 11) is 0. The minimum absolute atomic E-state index is 0.0380. The standard InChI is InChI=1S/C10H7BrClF4NO/c11-5-1-2-7(12)6(3-5)8(18)17-4-10(15,16)9(13)14/h1-3,9H,4H2,(H,17,18). The first kappa shape index (κ1) is 15.2. The number of carbonyl (C=O) groups is 1. The quantitative estimate of drug-likeness (QED) is 0.825. The van der Waals surface area contributed by atoms with Crippen LogP contribution in [0.1, 0.15) is 10.4 Å². The monoisotopic (exact) mass is 347 g/mol. The highest BCUT2D eigenvalue weighted by Gasteiger charge is 2.40. The molecule has 0 atom stereocenters. The molecule has 0 aromatic heterocycles. The fourth-order valence-electron chi connectivity index (χ4n) is 1.04. The summed E-state index contributed by atoms with van der Waals surface area (Å²) >= 11 is 8.76. The van der Waals surface area contributed by atoms with Crippen LogP contribution in [0.25, 0.3) is 0 Å². The summed E-state index contributed by atoms with van der Waals surface area (Å²) in [6, 6.07) is 4.23. The maximum atomic E-state index is 12.6. The van der Waals surface area contributed by atoms with Crippen molar-refractivity contribution in [2.45, 2.75) is 12.3 Å². The van der Waals surface area contributed by atoms with Crippen molar-refractivity contribution in [3.8, 4) is 0 Å². The molecular formula is C10H7BrClF4NO. The zero-order chi connectivity index (χ0) is 13.9.